The van der Waals surface area contributed by atoms with Gasteiger partial charge in [-0.2, -0.15) is 4.98 Å². The summed E-state index contributed by atoms with van der Waals surface area (Å²) >= 11 is 3.57. The summed E-state index contributed by atoms with van der Waals surface area (Å²) in [5.41, 5.74) is 0. The maximum Gasteiger partial charge on any atom is 0.224 e. The minimum absolute atomic E-state index is 0.634. The molecule has 6 heteroatoms. The standard InChI is InChI=1S/C14H24BrN5/c1-4-16-14-17-9-12(15)13(18-14)20-8-7-11(10-20)19(5-2)6-3/h9,11H,4-8,10H2,1-3H3,(H,16,17,18). The Morgan fingerprint density at radius 1 is 1.40 bits per heavy atom. The largest absolute Gasteiger partial charge is 0.354 e. The molecule has 20 heavy (non-hydrogen) atoms. The minimum atomic E-state index is 0.634. The summed E-state index contributed by atoms with van der Waals surface area (Å²) in [6.45, 7) is 11.7. The molecule has 1 aromatic heterocycles. The highest BCUT2D eigenvalue weighted by Gasteiger charge is 2.28. The monoisotopic (exact) mass is 341 g/mol. The van der Waals surface area contributed by atoms with Crippen molar-refractivity contribution in [2.24, 2.45) is 0 Å². The van der Waals surface area contributed by atoms with Crippen LogP contribution in [-0.4, -0.2) is 53.6 Å². The molecule has 0 radical (unpaired) electrons. The Morgan fingerprint density at radius 3 is 2.80 bits per heavy atom. The summed E-state index contributed by atoms with van der Waals surface area (Å²) in [5.74, 6) is 1.71. The number of nitrogens with one attached hydrogen (secondary N) is 1. The van der Waals surface area contributed by atoms with Crippen LogP contribution in [0, 0.1) is 0 Å². The Labute approximate surface area is 129 Å². The van der Waals surface area contributed by atoms with Gasteiger partial charge in [0.25, 0.3) is 0 Å². The van der Waals surface area contributed by atoms with Crippen LogP contribution in [-0.2, 0) is 0 Å². The number of aromatic nitrogens is 2. The summed E-state index contributed by atoms with van der Waals surface area (Å²) in [4.78, 5) is 13.8. The van der Waals surface area contributed by atoms with Crippen LogP contribution in [0.15, 0.2) is 10.7 Å². The molecule has 0 saturated carbocycles. The van der Waals surface area contributed by atoms with Crippen LogP contribution < -0.4 is 10.2 Å². The molecule has 1 atom stereocenters. The van der Waals surface area contributed by atoms with E-state index in [2.05, 4.69) is 61.8 Å². The van der Waals surface area contributed by atoms with Crippen LogP contribution in [0.2, 0.25) is 0 Å². The predicted octanol–water partition coefficient (Wildman–Crippen LogP) is 2.59. The lowest BCUT2D eigenvalue weighted by Crippen LogP contribution is -2.37. The van der Waals surface area contributed by atoms with Crippen LogP contribution in [0.4, 0.5) is 11.8 Å². The van der Waals surface area contributed by atoms with Crippen LogP contribution in [0.5, 0.6) is 0 Å². The number of likely N-dealkylation sites (N-methyl/N-ethyl adjacent to an activating group) is 1. The number of halogens is 1. The van der Waals surface area contributed by atoms with Crippen molar-refractivity contribution in [3.8, 4) is 0 Å². The molecule has 1 saturated heterocycles. The molecule has 1 unspecified atom stereocenters. The molecular weight excluding hydrogens is 318 g/mol. The maximum absolute atomic E-state index is 4.63. The Kier molecular flexibility index (Phi) is 5.60. The molecule has 1 aliphatic heterocycles. The van der Waals surface area contributed by atoms with Crippen molar-refractivity contribution >= 4 is 27.7 Å². The summed E-state index contributed by atoms with van der Waals surface area (Å²) in [6, 6.07) is 0.634. The summed E-state index contributed by atoms with van der Waals surface area (Å²) in [5, 5.41) is 3.17. The molecule has 5 nitrogen and oxygen atoms in total. The van der Waals surface area contributed by atoms with E-state index in [1.165, 1.54) is 6.42 Å². The third-order valence-electron chi connectivity index (χ3n) is 3.85. The van der Waals surface area contributed by atoms with E-state index >= 15 is 0 Å². The molecule has 1 N–H and O–H groups in total. The second-order valence-electron chi connectivity index (χ2n) is 5.01. The van der Waals surface area contributed by atoms with Crippen molar-refractivity contribution in [2.45, 2.75) is 33.2 Å². The summed E-state index contributed by atoms with van der Waals surface area (Å²) in [7, 11) is 0. The number of anilines is 2. The average Bonchev–Trinajstić information content (AvgIpc) is 2.92. The number of hydrogen-bond donors (Lipinski definition) is 1. The molecule has 0 aliphatic carbocycles. The van der Waals surface area contributed by atoms with Gasteiger partial charge in [0.2, 0.25) is 5.95 Å². The quantitative estimate of drug-likeness (QED) is 0.861. The highest BCUT2D eigenvalue weighted by atomic mass is 79.9. The van der Waals surface area contributed by atoms with E-state index in [-0.39, 0.29) is 0 Å². The van der Waals surface area contributed by atoms with Gasteiger partial charge in [0.05, 0.1) is 4.47 Å². The molecule has 0 aromatic carbocycles. The first-order valence-electron chi connectivity index (χ1n) is 7.44. The van der Waals surface area contributed by atoms with Crippen molar-refractivity contribution in [2.75, 3.05) is 42.9 Å². The van der Waals surface area contributed by atoms with Crippen LogP contribution in [0.25, 0.3) is 0 Å². The molecule has 0 amide bonds. The Morgan fingerprint density at radius 2 is 2.15 bits per heavy atom. The third kappa shape index (κ3) is 3.41. The van der Waals surface area contributed by atoms with Gasteiger partial charge in [-0.3, -0.25) is 4.90 Å². The predicted molar refractivity (Wildman–Crippen MR) is 87.4 cm³/mol. The minimum Gasteiger partial charge on any atom is -0.354 e. The van der Waals surface area contributed by atoms with E-state index in [0.29, 0.717) is 12.0 Å². The molecule has 0 bridgehead atoms. The van der Waals surface area contributed by atoms with Gasteiger partial charge >= 0.3 is 0 Å². The van der Waals surface area contributed by atoms with Gasteiger partial charge in [0.15, 0.2) is 0 Å². The molecule has 1 aliphatic rings. The van der Waals surface area contributed by atoms with Crippen molar-refractivity contribution in [1.82, 2.24) is 14.9 Å². The second kappa shape index (κ2) is 7.22. The van der Waals surface area contributed by atoms with E-state index in [1.807, 2.05) is 6.20 Å². The zero-order valence-electron chi connectivity index (χ0n) is 12.6. The lowest BCUT2D eigenvalue weighted by atomic mass is 10.2. The lowest BCUT2D eigenvalue weighted by Gasteiger charge is -2.26. The highest BCUT2D eigenvalue weighted by Crippen LogP contribution is 2.28. The van der Waals surface area contributed by atoms with E-state index in [1.54, 1.807) is 0 Å². The Balaban J connectivity index is 2.11. The second-order valence-corrected chi connectivity index (χ2v) is 5.86. The molecule has 2 heterocycles. The molecule has 2 rings (SSSR count). The fourth-order valence-electron chi connectivity index (χ4n) is 2.80. The van der Waals surface area contributed by atoms with Crippen LogP contribution in [0.3, 0.4) is 0 Å². The normalized spacial score (nSPS) is 18.9. The maximum atomic E-state index is 4.63. The smallest absolute Gasteiger partial charge is 0.224 e. The molecule has 112 valence electrons. The van der Waals surface area contributed by atoms with Gasteiger partial charge in [-0.15, -0.1) is 0 Å². The first kappa shape index (κ1) is 15.5. The fraction of sp³-hybridized carbons (Fsp3) is 0.714. The van der Waals surface area contributed by atoms with E-state index in [9.17, 15) is 0 Å². The third-order valence-corrected chi connectivity index (χ3v) is 4.41. The SMILES string of the molecule is CCNc1ncc(Br)c(N2CCC(N(CC)CC)C2)n1. The summed E-state index contributed by atoms with van der Waals surface area (Å²) in [6.07, 6.45) is 3.04. The van der Waals surface area contributed by atoms with E-state index < -0.39 is 0 Å². The van der Waals surface area contributed by atoms with Gasteiger partial charge in [-0.25, -0.2) is 4.98 Å². The van der Waals surface area contributed by atoms with Crippen molar-refractivity contribution in [1.29, 1.82) is 0 Å². The number of nitrogens with zero attached hydrogens (tertiary/aromatic N) is 4. The Bertz CT molecular complexity index is 436. The van der Waals surface area contributed by atoms with E-state index in [0.717, 1.165) is 43.0 Å². The van der Waals surface area contributed by atoms with Crippen molar-refractivity contribution < 1.29 is 0 Å². The Hall–Kier alpha value is -0.880. The topological polar surface area (TPSA) is 44.3 Å². The van der Waals surface area contributed by atoms with E-state index in [4.69, 9.17) is 0 Å². The summed E-state index contributed by atoms with van der Waals surface area (Å²) < 4.78 is 0.972. The molecular formula is C14H24BrN5. The first-order valence-corrected chi connectivity index (χ1v) is 8.24. The first-order chi connectivity index (χ1) is 9.69. The van der Waals surface area contributed by atoms with Gasteiger partial charge in [0, 0.05) is 31.9 Å². The van der Waals surface area contributed by atoms with Gasteiger partial charge in [-0.1, -0.05) is 13.8 Å². The molecule has 1 fully saturated rings. The number of hydrogen-bond acceptors (Lipinski definition) is 5. The zero-order valence-corrected chi connectivity index (χ0v) is 14.2. The average molecular weight is 342 g/mol. The fourth-order valence-corrected chi connectivity index (χ4v) is 3.24. The molecule has 1 aromatic rings. The van der Waals surface area contributed by atoms with Crippen molar-refractivity contribution in [3.05, 3.63) is 10.7 Å². The van der Waals surface area contributed by atoms with Gasteiger partial charge < -0.3 is 10.2 Å². The zero-order chi connectivity index (χ0) is 14.5. The van der Waals surface area contributed by atoms with Crippen LogP contribution in [0.1, 0.15) is 27.2 Å². The lowest BCUT2D eigenvalue weighted by molar-refractivity contribution is 0.232. The molecule has 0 spiro atoms. The van der Waals surface area contributed by atoms with Gasteiger partial charge in [0.1, 0.15) is 5.82 Å². The highest BCUT2D eigenvalue weighted by molar-refractivity contribution is 9.10. The van der Waals surface area contributed by atoms with Crippen molar-refractivity contribution in [3.63, 3.8) is 0 Å². The van der Waals surface area contributed by atoms with Gasteiger partial charge in [-0.05, 0) is 42.4 Å². The number of rotatable bonds is 6. The van der Waals surface area contributed by atoms with Crippen LogP contribution >= 0.6 is 15.9 Å².